The minimum absolute atomic E-state index is 0.138. The number of carbonyl (C=O) groups excluding carboxylic acids is 3. The van der Waals surface area contributed by atoms with E-state index in [0.717, 1.165) is 16.8 Å². The summed E-state index contributed by atoms with van der Waals surface area (Å²) in [7, 11) is 1.31. The molecule has 1 N–H and O–H groups in total. The highest BCUT2D eigenvalue weighted by molar-refractivity contribution is 6.04. The fourth-order valence-electron chi connectivity index (χ4n) is 3.24. The zero-order chi connectivity index (χ0) is 19.6. The van der Waals surface area contributed by atoms with Gasteiger partial charge in [-0.3, -0.25) is 9.59 Å². The van der Waals surface area contributed by atoms with Gasteiger partial charge in [-0.15, -0.1) is 0 Å². The molecule has 0 saturated carbocycles. The van der Waals surface area contributed by atoms with Crippen molar-refractivity contribution in [3.05, 3.63) is 59.2 Å². The molecule has 3 rings (SSSR count). The number of hydrogen-bond acceptors (Lipinski definition) is 4. The molecule has 0 aromatic heterocycles. The Morgan fingerprint density at radius 2 is 1.93 bits per heavy atom. The minimum Gasteiger partial charge on any atom is -0.465 e. The fraction of sp³-hybridized carbons (Fsp3) is 0.286. The molecule has 1 aliphatic rings. The first kappa shape index (κ1) is 18.6. The van der Waals surface area contributed by atoms with E-state index in [0.29, 0.717) is 11.3 Å². The van der Waals surface area contributed by atoms with Gasteiger partial charge in [-0.2, -0.15) is 0 Å². The number of rotatable bonds is 4. The predicted octanol–water partition coefficient (Wildman–Crippen LogP) is 3.08. The lowest BCUT2D eigenvalue weighted by molar-refractivity contribution is -0.122. The second-order valence-corrected chi connectivity index (χ2v) is 6.75. The third-order valence-corrected chi connectivity index (χ3v) is 4.71. The van der Waals surface area contributed by atoms with E-state index in [1.807, 2.05) is 32.0 Å². The van der Waals surface area contributed by atoms with Crippen LogP contribution in [0, 0.1) is 19.8 Å². The van der Waals surface area contributed by atoms with Crippen LogP contribution in [0.15, 0.2) is 42.5 Å². The zero-order valence-corrected chi connectivity index (χ0v) is 15.6. The van der Waals surface area contributed by atoms with E-state index in [1.54, 1.807) is 29.2 Å². The normalized spacial score (nSPS) is 16.3. The van der Waals surface area contributed by atoms with Crippen LogP contribution in [0.2, 0.25) is 0 Å². The number of aryl methyl sites for hydroxylation is 2. The molecule has 140 valence electrons. The second-order valence-electron chi connectivity index (χ2n) is 6.75. The van der Waals surface area contributed by atoms with Crippen molar-refractivity contribution in [3.63, 3.8) is 0 Å². The second kappa shape index (κ2) is 7.61. The average molecular weight is 366 g/mol. The third-order valence-electron chi connectivity index (χ3n) is 4.71. The van der Waals surface area contributed by atoms with E-state index in [4.69, 9.17) is 4.74 Å². The Morgan fingerprint density at radius 3 is 2.63 bits per heavy atom. The monoisotopic (exact) mass is 366 g/mol. The number of benzene rings is 2. The van der Waals surface area contributed by atoms with Crippen molar-refractivity contribution in [1.29, 1.82) is 0 Å². The number of hydrogen-bond donors (Lipinski definition) is 1. The Kier molecular flexibility index (Phi) is 5.26. The Balaban J connectivity index is 1.73. The van der Waals surface area contributed by atoms with Crippen LogP contribution in [0.4, 0.5) is 11.4 Å². The summed E-state index contributed by atoms with van der Waals surface area (Å²) in [5.41, 5.74) is 3.81. The van der Waals surface area contributed by atoms with Crippen molar-refractivity contribution in [3.8, 4) is 0 Å². The third kappa shape index (κ3) is 4.00. The fourth-order valence-corrected chi connectivity index (χ4v) is 3.24. The van der Waals surface area contributed by atoms with Gasteiger partial charge in [0.25, 0.3) is 0 Å². The first-order valence-electron chi connectivity index (χ1n) is 8.76. The topological polar surface area (TPSA) is 75.7 Å². The van der Waals surface area contributed by atoms with Gasteiger partial charge >= 0.3 is 5.97 Å². The van der Waals surface area contributed by atoms with E-state index in [2.05, 4.69) is 5.32 Å². The van der Waals surface area contributed by atoms with E-state index < -0.39 is 11.9 Å². The molecule has 1 heterocycles. The number of carbonyl (C=O) groups is 3. The van der Waals surface area contributed by atoms with Crippen LogP contribution in [0.5, 0.6) is 0 Å². The summed E-state index contributed by atoms with van der Waals surface area (Å²) in [5, 5.41) is 2.92. The van der Waals surface area contributed by atoms with Crippen molar-refractivity contribution in [2.24, 2.45) is 5.92 Å². The van der Waals surface area contributed by atoms with Gasteiger partial charge in [0.05, 0.1) is 18.6 Å². The van der Waals surface area contributed by atoms with E-state index in [9.17, 15) is 14.4 Å². The molecular weight excluding hydrogens is 344 g/mol. The lowest BCUT2D eigenvalue weighted by atomic mass is 10.1. The summed E-state index contributed by atoms with van der Waals surface area (Å²) in [5.74, 6) is -1.23. The predicted molar refractivity (Wildman–Crippen MR) is 103 cm³/mol. The lowest BCUT2D eigenvalue weighted by Crippen LogP contribution is -2.28. The van der Waals surface area contributed by atoms with Gasteiger partial charge in [-0.1, -0.05) is 23.8 Å². The molecular formula is C21H22N2O4. The van der Waals surface area contributed by atoms with Gasteiger partial charge in [-0.25, -0.2) is 4.79 Å². The quantitative estimate of drug-likeness (QED) is 0.844. The van der Waals surface area contributed by atoms with E-state index in [1.165, 1.54) is 7.11 Å². The molecule has 0 bridgehead atoms. The van der Waals surface area contributed by atoms with Gasteiger partial charge in [0.2, 0.25) is 11.8 Å². The van der Waals surface area contributed by atoms with Crippen LogP contribution in [-0.2, 0) is 14.3 Å². The summed E-state index contributed by atoms with van der Waals surface area (Å²) in [6.07, 6.45) is 0.138. The molecule has 2 amide bonds. The summed E-state index contributed by atoms with van der Waals surface area (Å²) in [4.78, 5) is 38.3. The number of methoxy groups -OCH3 is 1. The minimum atomic E-state index is -0.465. The highest BCUT2D eigenvalue weighted by Crippen LogP contribution is 2.27. The Morgan fingerprint density at radius 1 is 1.15 bits per heavy atom. The standard InChI is InChI=1S/C21H22N2O4/c1-13-7-8-18(14(2)9-13)22-20(25)16-11-19(24)23(12-16)17-6-4-5-15(10-17)21(26)27-3/h4-10,16H,11-12H2,1-3H3,(H,22,25). The number of ether oxygens (including phenoxy) is 1. The van der Waals surface area contributed by atoms with Gasteiger partial charge < -0.3 is 15.0 Å². The molecule has 1 atom stereocenters. The summed E-state index contributed by atoms with van der Waals surface area (Å²) in [6.45, 7) is 4.21. The molecule has 0 radical (unpaired) electrons. The van der Waals surface area contributed by atoms with Crippen molar-refractivity contribution < 1.29 is 19.1 Å². The molecule has 1 fully saturated rings. The molecule has 2 aromatic rings. The molecule has 0 aliphatic carbocycles. The number of nitrogens with zero attached hydrogens (tertiary/aromatic N) is 1. The van der Waals surface area contributed by atoms with Crippen molar-refractivity contribution in [1.82, 2.24) is 0 Å². The molecule has 0 spiro atoms. The summed E-state index contributed by atoms with van der Waals surface area (Å²) in [6, 6.07) is 12.5. The van der Waals surface area contributed by atoms with Crippen LogP contribution >= 0.6 is 0 Å². The van der Waals surface area contributed by atoms with Gasteiger partial charge in [0, 0.05) is 24.3 Å². The summed E-state index contributed by atoms with van der Waals surface area (Å²) >= 11 is 0. The smallest absolute Gasteiger partial charge is 0.337 e. The molecule has 1 unspecified atom stereocenters. The maximum atomic E-state index is 12.6. The molecule has 1 aliphatic heterocycles. The number of nitrogens with one attached hydrogen (secondary N) is 1. The maximum Gasteiger partial charge on any atom is 0.337 e. The van der Waals surface area contributed by atoms with Gasteiger partial charge in [0.15, 0.2) is 0 Å². The number of anilines is 2. The first-order chi connectivity index (χ1) is 12.9. The van der Waals surface area contributed by atoms with Crippen LogP contribution in [0.1, 0.15) is 27.9 Å². The summed E-state index contributed by atoms with van der Waals surface area (Å²) < 4.78 is 4.72. The van der Waals surface area contributed by atoms with Crippen molar-refractivity contribution in [2.75, 3.05) is 23.9 Å². The van der Waals surface area contributed by atoms with Crippen molar-refractivity contribution in [2.45, 2.75) is 20.3 Å². The van der Waals surface area contributed by atoms with Gasteiger partial charge in [0.1, 0.15) is 0 Å². The highest BCUT2D eigenvalue weighted by atomic mass is 16.5. The van der Waals surface area contributed by atoms with Crippen LogP contribution < -0.4 is 10.2 Å². The van der Waals surface area contributed by atoms with Crippen LogP contribution in [0.25, 0.3) is 0 Å². The van der Waals surface area contributed by atoms with E-state index >= 15 is 0 Å². The molecule has 27 heavy (non-hydrogen) atoms. The van der Waals surface area contributed by atoms with Crippen molar-refractivity contribution >= 4 is 29.2 Å². The van der Waals surface area contributed by atoms with Crippen LogP contribution in [0.3, 0.4) is 0 Å². The average Bonchev–Trinajstić information content (AvgIpc) is 3.05. The Labute approximate surface area is 158 Å². The molecule has 1 saturated heterocycles. The molecule has 6 nitrogen and oxygen atoms in total. The van der Waals surface area contributed by atoms with Gasteiger partial charge in [-0.05, 0) is 43.7 Å². The number of amides is 2. The highest BCUT2D eigenvalue weighted by Gasteiger charge is 2.35. The van der Waals surface area contributed by atoms with E-state index in [-0.39, 0.29) is 24.8 Å². The maximum absolute atomic E-state index is 12.6. The first-order valence-corrected chi connectivity index (χ1v) is 8.76. The molecule has 2 aromatic carbocycles. The Bertz CT molecular complexity index is 907. The number of esters is 1. The van der Waals surface area contributed by atoms with Crippen LogP contribution in [-0.4, -0.2) is 31.4 Å². The Hall–Kier alpha value is -3.15. The lowest BCUT2D eigenvalue weighted by Gasteiger charge is -2.17. The SMILES string of the molecule is COC(=O)c1cccc(N2CC(C(=O)Nc3ccc(C)cc3C)CC2=O)c1. The molecule has 6 heteroatoms. The largest absolute Gasteiger partial charge is 0.465 e. The zero-order valence-electron chi connectivity index (χ0n) is 15.6.